The minimum Gasteiger partial charge on any atom is -0.309 e. The van der Waals surface area contributed by atoms with Crippen molar-refractivity contribution in [3.05, 3.63) is 52.4 Å². The van der Waals surface area contributed by atoms with Gasteiger partial charge in [-0.3, -0.25) is 4.79 Å². The molecule has 2 bridgehead atoms. The number of benzene rings is 1. The van der Waals surface area contributed by atoms with Crippen molar-refractivity contribution < 1.29 is 9.18 Å². The molecule has 0 spiro atoms. The van der Waals surface area contributed by atoms with Crippen molar-refractivity contribution in [2.75, 3.05) is 4.90 Å². The predicted molar refractivity (Wildman–Crippen MR) is 111 cm³/mol. The van der Waals surface area contributed by atoms with Gasteiger partial charge in [0.2, 0.25) is 5.91 Å². The molecule has 1 amide bonds. The summed E-state index contributed by atoms with van der Waals surface area (Å²) in [5.41, 5.74) is 1.36. The number of hydrogen-bond donors (Lipinski definition) is 0. The molecule has 3 aliphatic rings. The van der Waals surface area contributed by atoms with Crippen molar-refractivity contribution in [3.63, 3.8) is 0 Å². The minimum atomic E-state index is -0.934. The Hall–Kier alpha value is -3.32. The molecule has 7 heteroatoms. The molecule has 156 valence electrons. The molecule has 1 aromatic heterocycles. The first kappa shape index (κ1) is 19.6. The Kier molecular flexibility index (Phi) is 4.02. The molecule has 2 aliphatic carbocycles. The van der Waals surface area contributed by atoms with Crippen LogP contribution >= 0.6 is 0 Å². The smallest absolute Gasteiger partial charge is 0.240 e. The number of anilines is 1. The van der Waals surface area contributed by atoms with E-state index in [0.29, 0.717) is 17.8 Å². The van der Waals surface area contributed by atoms with Gasteiger partial charge >= 0.3 is 0 Å². The molecule has 0 saturated heterocycles. The highest BCUT2D eigenvalue weighted by Crippen LogP contribution is 2.67. The van der Waals surface area contributed by atoms with Crippen LogP contribution in [-0.4, -0.2) is 21.9 Å². The number of nitriles is 2. The zero-order valence-electron chi connectivity index (χ0n) is 17.7. The zero-order chi connectivity index (χ0) is 22.1. The highest BCUT2D eigenvalue weighted by molar-refractivity contribution is 6.04. The number of fused-ring (bicyclic) bond motifs is 6. The van der Waals surface area contributed by atoms with Gasteiger partial charge in [0.05, 0.1) is 16.8 Å². The Morgan fingerprint density at radius 2 is 1.90 bits per heavy atom. The number of hydrogen-bond acceptors (Lipinski definition) is 5. The van der Waals surface area contributed by atoms with Crippen LogP contribution in [0.2, 0.25) is 0 Å². The molecule has 5 rings (SSSR count). The highest BCUT2D eigenvalue weighted by Gasteiger charge is 2.69. The van der Waals surface area contributed by atoms with E-state index in [-0.39, 0.29) is 35.1 Å². The minimum absolute atomic E-state index is 0.00780. The quantitative estimate of drug-likeness (QED) is 0.704. The van der Waals surface area contributed by atoms with Gasteiger partial charge in [0.15, 0.2) is 11.4 Å². The van der Waals surface area contributed by atoms with E-state index in [4.69, 9.17) is 0 Å². The summed E-state index contributed by atoms with van der Waals surface area (Å²) < 4.78 is 13.9. The van der Waals surface area contributed by atoms with E-state index in [1.54, 1.807) is 6.07 Å². The first-order valence-corrected chi connectivity index (χ1v) is 10.6. The molecule has 2 aromatic rings. The summed E-state index contributed by atoms with van der Waals surface area (Å²) in [6.07, 6.45) is 2.85. The third-order valence-electron chi connectivity index (χ3n) is 7.81. The topological polar surface area (TPSA) is 93.7 Å². The fraction of sp³-hybridized carbons (Fsp3) is 0.458. The molecule has 2 heterocycles. The monoisotopic (exact) mass is 415 g/mol. The van der Waals surface area contributed by atoms with Crippen LogP contribution in [0.15, 0.2) is 18.2 Å². The molecule has 1 saturated carbocycles. The standard InChI is InChI=1S/C24H22FN5O/c1-13-4-5-14-10-15(25)6-7-19(14)30(13)22(31)24-9-8-16(23(24,2)3)20-21(24)29-18(12-27)17(11-26)28-20/h6-7,10,13,16H,4-5,8-9H2,1-3H3/t13-,16+,24+/m0/s1. The summed E-state index contributed by atoms with van der Waals surface area (Å²) in [7, 11) is 0. The molecule has 1 aromatic carbocycles. The second-order valence-corrected chi connectivity index (χ2v) is 9.43. The summed E-state index contributed by atoms with van der Waals surface area (Å²) in [5.74, 6) is -0.381. The van der Waals surface area contributed by atoms with Crippen molar-refractivity contribution >= 4 is 11.6 Å². The number of halogens is 1. The number of amides is 1. The van der Waals surface area contributed by atoms with Gasteiger partial charge in [0, 0.05) is 17.6 Å². The molecule has 0 unspecified atom stereocenters. The summed E-state index contributed by atoms with van der Waals surface area (Å²) in [6, 6.07) is 8.49. The van der Waals surface area contributed by atoms with Gasteiger partial charge in [-0.1, -0.05) is 13.8 Å². The number of nitrogens with zero attached hydrogens (tertiary/aromatic N) is 5. The van der Waals surface area contributed by atoms with E-state index in [9.17, 15) is 19.7 Å². The average Bonchev–Trinajstić information content (AvgIpc) is 3.13. The molecule has 1 aliphatic heterocycles. The number of carbonyl (C=O) groups excluding carboxylic acids is 1. The molecular weight excluding hydrogens is 393 g/mol. The van der Waals surface area contributed by atoms with Crippen molar-refractivity contribution in [2.24, 2.45) is 5.41 Å². The van der Waals surface area contributed by atoms with Gasteiger partial charge in [-0.15, -0.1) is 0 Å². The van der Waals surface area contributed by atoms with Gasteiger partial charge in [0.1, 0.15) is 18.0 Å². The van der Waals surface area contributed by atoms with Crippen LogP contribution in [0.5, 0.6) is 0 Å². The van der Waals surface area contributed by atoms with Crippen molar-refractivity contribution in [1.82, 2.24) is 9.97 Å². The number of aryl methyl sites for hydroxylation is 1. The van der Waals surface area contributed by atoms with Crippen molar-refractivity contribution in [1.29, 1.82) is 10.5 Å². The van der Waals surface area contributed by atoms with E-state index >= 15 is 0 Å². The van der Waals surface area contributed by atoms with E-state index in [1.165, 1.54) is 12.1 Å². The highest BCUT2D eigenvalue weighted by atomic mass is 19.1. The van der Waals surface area contributed by atoms with Crippen molar-refractivity contribution in [2.45, 2.75) is 63.8 Å². The van der Waals surface area contributed by atoms with Gasteiger partial charge in [-0.05, 0) is 61.8 Å². The van der Waals surface area contributed by atoms with E-state index in [0.717, 1.165) is 30.5 Å². The lowest BCUT2D eigenvalue weighted by Gasteiger charge is -2.44. The number of rotatable bonds is 1. The van der Waals surface area contributed by atoms with E-state index in [1.807, 2.05) is 24.0 Å². The Morgan fingerprint density at radius 3 is 2.61 bits per heavy atom. The summed E-state index contributed by atoms with van der Waals surface area (Å²) in [5, 5.41) is 18.9. The summed E-state index contributed by atoms with van der Waals surface area (Å²) >= 11 is 0. The molecule has 31 heavy (non-hydrogen) atoms. The van der Waals surface area contributed by atoms with Gasteiger partial charge in [-0.2, -0.15) is 10.5 Å². The van der Waals surface area contributed by atoms with Gasteiger partial charge in [0.25, 0.3) is 0 Å². The maximum atomic E-state index is 14.4. The zero-order valence-corrected chi connectivity index (χ0v) is 17.7. The molecule has 1 fully saturated rings. The molecule has 3 atom stereocenters. The average molecular weight is 415 g/mol. The van der Waals surface area contributed by atoms with Crippen LogP contribution in [-0.2, 0) is 16.6 Å². The van der Waals surface area contributed by atoms with Crippen LogP contribution in [0, 0.1) is 33.9 Å². The lowest BCUT2D eigenvalue weighted by Crippen LogP contribution is -2.55. The van der Waals surface area contributed by atoms with Gasteiger partial charge in [-0.25, -0.2) is 14.4 Å². The maximum absolute atomic E-state index is 14.4. The van der Waals surface area contributed by atoms with Crippen LogP contribution in [0.25, 0.3) is 0 Å². The van der Waals surface area contributed by atoms with E-state index in [2.05, 4.69) is 23.8 Å². The Bertz CT molecular complexity index is 1220. The van der Waals surface area contributed by atoms with Crippen LogP contribution < -0.4 is 4.90 Å². The van der Waals surface area contributed by atoms with Gasteiger partial charge < -0.3 is 4.90 Å². The fourth-order valence-corrected chi connectivity index (χ4v) is 6.12. The SMILES string of the molecule is C[C@H]1CCc2cc(F)ccc2N1C(=O)[C@@]12CC[C@H](c3nc(C#N)c(C#N)nc31)C2(C)C. The van der Waals surface area contributed by atoms with Crippen LogP contribution in [0.4, 0.5) is 10.1 Å². The third-order valence-corrected chi connectivity index (χ3v) is 7.81. The molecule has 6 nitrogen and oxygen atoms in total. The summed E-state index contributed by atoms with van der Waals surface area (Å²) in [6.45, 7) is 6.13. The Balaban J connectivity index is 1.72. The van der Waals surface area contributed by atoms with Crippen LogP contribution in [0.1, 0.15) is 74.3 Å². The number of carbonyl (C=O) groups is 1. The lowest BCUT2D eigenvalue weighted by atomic mass is 9.67. The maximum Gasteiger partial charge on any atom is 0.240 e. The predicted octanol–water partition coefficient (Wildman–Crippen LogP) is 3.88. The second kappa shape index (κ2) is 6.34. The molecule has 0 N–H and O–H groups in total. The largest absolute Gasteiger partial charge is 0.309 e. The third kappa shape index (κ3) is 2.32. The Labute approximate surface area is 180 Å². The Morgan fingerprint density at radius 1 is 1.19 bits per heavy atom. The first-order valence-electron chi connectivity index (χ1n) is 10.6. The molecular formula is C24H22FN5O. The second-order valence-electron chi connectivity index (χ2n) is 9.43. The summed E-state index contributed by atoms with van der Waals surface area (Å²) in [4.78, 5) is 25.2. The van der Waals surface area contributed by atoms with Crippen molar-refractivity contribution in [3.8, 4) is 12.1 Å². The normalized spacial score (nSPS) is 27.2. The van der Waals surface area contributed by atoms with E-state index < -0.39 is 10.8 Å². The van der Waals surface area contributed by atoms with Crippen LogP contribution in [0.3, 0.4) is 0 Å². The number of aromatic nitrogens is 2. The first-order chi connectivity index (χ1) is 14.8. The fourth-order valence-electron chi connectivity index (χ4n) is 6.12. The lowest BCUT2D eigenvalue weighted by molar-refractivity contribution is -0.127. The molecule has 0 radical (unpaired) electrons.